The third-order valence-corrected chi connectivity index (χ3v) is 5.76. The van der Waals surface area contributed by atoms with Gasteiger partial charge in [-0.05, 0) is 23.8 Å². The zero-order chi connectivity index (χ0) is 25.5. The second-order valence-corrected chi connectivity index (χ2v) is 8.01. The van der Waals surface area contributed by atoms with Gasteiger partial charge in [-0.25, -0.2) is 4.68 Å². The summed E-state index contributed by atoms with van der Waals surface area (Å²) in [6.45, 7) is 0.00226. The van der Waals surface area contributed by atoms with Crippen LogP contribution in [-0.4, -0.2) is 42.0 Å². The highest BCUT2D eigenvalue weighted by Gasteiger charge is 2.17. The number of hydrogen-bond acceptors (Lipinski definition) is 7. The van der Waals surface area contributed by atoms with Gasteiger partial charge >= 0.3 is 0 Å². The summed E-state index contributed by atoms with van der Waals surface area (Å²) >= 11 is 0. The van der Waals surface area contributed by atoms with Crippen LogP contribution >= 0.6 is 0 Å². The zero-order valence-corrected chi connectivity index (χ0v) is 20.3. The number of ether oxygens (including phenoxy) is 3. The van der Waals surface area contributed by atoms with Gasteiger partial charge in [-0.3, -0.25) is 4.79 Å². The maximum absolute atomic E-state index is 13.5. The van der Waals surface area contributed by atoms with Gasteiger partial charge in [0.05, 0.1) is 33.6 Å². The van der Waals surface area contributed by atoms with E-state index < -0.39 is 0 Å². The minimum absolute atomic E-state index is 0.00226. The molecule has 1 heterocycles. The summed E-state index contributed by atoms with van der Waals surface area (Å²) in [5.41, 5.74) is 3.54. The number of hydrogen-bond donors (Lipinski definition) is 1. The molecule has 0 unspecified atom stereocenters. The predicted octanol–water partition coefficient (Wildman–Crippen LogP) is 4.41. The molecule has 0 aliphatic rings. The van der Waals surface area contributed by atoms with Gasteiger partial charge in [-0.1, -0.05) is 65.8 Å². The van der Waals surface area contributed by atoms with Gasteiger partial charge in [0.1, 0.15) is 5.71 Å². The maximum atomic E-state index is 13.5. The molecule has 0 atom stereocenters. The van der Waals surface area contributed by atoms with Crippen molar-refractivity contribution in [1.82, 2.24) is 9.78 Å². The fourth-order valence-corrected chi connectivity index (χ4v) is 3.99. The minimum atomic E-state index is -0.291. The number of nitrogens with zero attached hydrogens (tertiary/aromatic N) is 3. The van der Waals surface area contributed by atoms with Gasteiger partial charge in [0.15, 0.2) is 11.5 Å². The monoisotopic (exact) mass is 485 g/mol. The first-order chi connectivity index (χ1) is 17.6. The van der Waals surface area contributed by atoms with Gasteiger partial charge in [-0.15, -0.1) is 0 Å². The lowest BCUT2D eigenvalue weighted by Crippen LogP contribution is -2.30. The van der Waals surface area contributed by atoms with Crippen molar-refractivity contribution < 1.29 is 19.4 Å². The van der Waals surface area contributed by atoms with Crippen LogP contribution in [0.2, 0.25) is 0 Å². The Morgan fingerprint density at radius 1 is 0.889 bits per heavy atom. The van der Waals surface area contributed by atoms with E-state index in [1.54, 1.807) is 27.4 Å². The molecule has 4 rings (SSSR count). The molecule has 0 fully saturated rings. The zero-order valence-electron chi connectivity index (χ0n) is 20.3. The Bertz CT molecular complexity index is 1390. The standard InChI is InChI=1S/C28H27N3O5/c1-34-25-15-19(16-26(35-2)27(25)36-3)14-22-17-23(20-10-6-4-7-11-20)29-31(28(22)32)18-24(30-33)21-12-8-5-9-13-21/h4-13,15-17,33H,14,18H2,1-3H3/b30-24-. The fraction of sp³-hybridized carbons (Fsp3) is 0.179. The summed E-state index contributed by atoms with van der Waals surface area (Å²) < 4.78 is 17.7. The van der Waals surface area contributed by atoms with Crippen LogP contribution in [-0.2, 0) is 13.0 Å². The number of benzene rings is 3. The molecule has 8 nitrogen and oxygen atoms in total. The van der Waals surface area contributed by atoms with Gasteiger partial charge in [0.25, 0.3) is 5.56 Å². The number of methoxy groups -OCH3 is 3. The number of aromatic nitrogens is 2. The Morgan fingerprint density at radius 2 is 1.50 bits per heavy atom. The first kappa shape index (κ1) is 24.5. The maximum Gasteiger partial charge on any atom is 0.270 e. The van der Waals surface area contributed by atoms with Crippen LogP contribution in [0.5, 0.6) is 17.2 Å². The van der Waals surface area contributed by atoms with Gasteiger partial charge in [0.2, 0.25) is 5.75 Å². The van der Waals surface area contributed by atoms with E-state index in [0.717, 1.165) is 11.1 Å². The van der Waals surface area contributed by atoms with Crippen molar-refractivity contribution in [3.63, 3.8) is 0 Å². The van der Waals surface area contributed by atoms with Crippen LogP contribution < -0.4 is 19.8 Å². The second-order valence-electron chi connectivity index (χ2n) is 8.01. The second kappa shape index (κ2) is 11.2. The molecule has 0 radical (unpaired) electrons. The number of oxime groups is 1. The molecule has 3 aromatic carbocycles. The van der Waals surface area contributed by atoms with Crippen LogP contribution in [0.3, 0.4) is 0 Å². The third kappa shape index (κ3) is 5.22. The van der Waals surface area contributed by atoms with Crippen molar-refractivity contribution in [2.75, 3.05) is 21.3 Å². The van der Waals surface area contributed by atoms with E-state index in [2.05, 4.69) is 10.3 Å². The molecule has 1 aromatic heterocycles. The molecule has 36 heavy (non-hydrogen) atoms. The topological polar surface area (TPSA) is 95.2 Å². The largest absolute Gasteiger partial charge is 0.493 e. The van der Waals surface area contributed by atoms with Crippen LogP contribution in [0.1, 0.15) is 16.7 Å². The smallest absolute Gasteiger partial charge is 0.270 e. The summed E-state index contributed by atoms with van der Waals surface area (Å²) in [5, 5.41) is 17.7. The van der Waals surface area contributed by atoms with Crippen molar-refractivity contribution in [3.05, 3.63) is 106 Å². The summed E-state index contributed by atoms with van der Waals surface area (Å²) in [4.78, 5) is 13.5. The highest BCUT2D eigenvalue weighted by atomic mass is 16.5. The lowest BCUT2D eigenvalue weighted by atomic mass is 10.0. The Labute approximate surface area is 209 Å². The molecule has 184 valence electrons. The SMILES string of the molecule is COc1cc(Cc2cc(-c3ccccc3)nn(C/C(=N/O)c3ccccc3)c2=O)cc(OC)c1OC. The summed E-state index contributed by atoms with van der Waals surface area (Å²) in [5.74, 6) is 1.49. The molecule has 8 heteroatoms. The Balaban J connectivity index is 1.81. The molecule has 0 amide bonds. The van der Waals surface area contributed by atoms with Crippen molar-refractivity contribution >= 4 is 5.71 Å². The molecule has 1 N–H and O–H groups in total. The van der Waals surface area contributed by atoms with Crippen LogP contribution in [0, 0.1) is 0 Å². The van der Waals surface area contributed by atoms with Crippen molar-refractivity contribution in [2.24, 2.45) is 5.16 Å². The summed E-state index contributed by atoms with van der Waals surface area (Å²) in [7, 11) is 4.64. The molecular formula is C28H27N3O5. The molecule has 0 bridgehead atoms. The van der Waals surface area contributed by atoms with Crippen LogP contribution in [0.15, 0.2) is 88.8 Å². The van der Waals surface area contributed by atoms with E-state index in [4.69, 9.17) is 14.2 Å². The fourth-order valence-electron chi connectivity index (χ4n) is 3.99. The van der Waals surface area contributed by atoms with Gasteiger partial charge in [-0.2, -0.15) is 5.10 Å². The number of rotatable bonds is 9. The molecule has 0 spiro atoms. The van der Waals surface area contributed by atoms with Crippen LogP contribution in [0.25, 0.3) is 11.3 Å². The third-order valence-electron chi connectivity index (χ3n) is 5.76. The normalized spacial score (nSPS) is 11.2. The summed E-state index contributed by atoms with van der Waals surface area (Å²) in [6.07, 6.45) is 0.300. The molecule has 0 aliphatic heterocycles. The Hall–Kier alpha value is -4.59. The first-order valence-corrected chi connectivity index (χ1v) is 11.3. The first-order valence-electron chi connectivity index (χ1n) is 11.3. The Morgan fingerprint density at radius 3 is 2.06 bits per heavy atom. The molecule has 0 saturated heterocycles. The van der Waals surface area contributed by atoms with Crippen molar-refractivity contribution in [2.45, 2.75) is 13.0 Å². The average Bonchev–Trinajstić information content (AvgIpc) is 2.93. The molecular weight excluding hydrogens is 458 g/mol. The van der Waals surface area contributed by atoms with Crippen molar-refractivity contribution in [1.29, 1.82) is 0 Å². The minimum Gasteiger partial charge on any atom is -0.493 e. The predicted molar refractivity (Wildman–Crippen MR) is 138 cm³/mol. The summed E-state index contributed by atoms with van der Waals surface area (Å²) in [6, 6.07) is 24.2. The highest BCUT2D eigenvalue weighted by Crippen LogP contribution is 2.38. The van der Waals surface area contributed by atoms with E-state index in [1.165, 1.54) is 4.68 Å². The Kier molecular flexibility index (Phi) is 7.65. The van der Waals surface area contributed by atoms with E-state index in [1.807, 2.05) is 72.8 Å². The molecule has 0 aliphatic carbocycles. The van der Waals surface area contributed by atoms with Crippen LogP contribution in [0.4, 0.5) is 0 Å². The van der Waals surface area contributed by atoms with Gasteiger partial charge < -0.3 is 19.4 Å². The lowest BCUT2D eigenvalue weighted by molar-refractivity contribution is 0.317. The van der Waals surface area contributed by atoms with E-state index >= 15 is 0 Å². The quantitative estimate of drug-likeness (QED) is 0.214. The highest BCUT2D eigenvalue weighted by molar-refractivity contribution is 5.99. The molecule has 4 aromatic rings. The van der Waals surface area contributed by atoms with E-state index in [-0.39, 0.29) is 12.1 Å². The lowest BCUT2D eigenvalue weighted by Gasteiger charge is -2.15. The van der Waals surface area contributed by atoms with E-state index in [0.29, 0.717) is 46.2 Å². The van der Waals surface area contributed by atoms with E-state index in [9.17, 15) is 10.0 Å². The molecule has 0 saturated carbocycles. The van der Waals surface area contributed by atoms with Gasteiger partial charge in [0, 0.05) is 23.1 Å². The van der Waals surface area contributed by atoms with Crippen molar-refractivity contribution in [3.8, 4) is 28.5 Å². The average molecular weight is 486 g/mol.